The molecule has 134 valence electrons. The molecule has 3 aromatic rings. The second kappa shape index (κ2) is 7.28. The number of aliphatic hydroxyl groups is 1. The number of hydrogen-bond donors (Lipinski definition) is 1. The molecular weight excluding hydrogens is 320 g/mol. The highest BCUT2D eigenvalue weighted by Gasteiger charge is 2.19. The van der Waals surface area contributed by atoms with E-state index in [1.54, 1.807) is 11.6 Å². The summed E-state index contributed by atoms with van der Waals surface area (Å²) in [6.07, 6.45) is 3.16. The first kappa shape index (κ1) is 17.5. The summed E-state index contributed by atoms with van der Waals surface area (Å²) < 4.78 is 8.91. The van der Waals surface area contributed by atoms with E-state index in [4.69, 9.17) is 9.84 Å². The molecule has 0 amide bonds. The van der Waals surface area contributed by atoms with Crippen LogP contribution in [0.2, 0.25) is 0 Å². The molecule has 0 bridgehead atoms. The van der Waals surface area contributed by atoms with Gasteiger partial charge in [-0.3, -0.25) is 0 Å². The Balaban J connectivity index is 2.09. The average molecular weight is 344 g/mol. The maximum Gasteiger partial charge on any atom is 0.179 e. The van der Waals surface area contributed by atoms with Gasteiger partial charge in [0.25, 0.3) is 0 Å². The van der Waals surface area contributed by atoms with Crippen LogP contribution in [0.25, 0.3) is 17.2 Å². The van der Waals surface area contributed by atoms with Crippen molar-refractivity contribution in [3.63, 3.8) is 0 Å². The average Bonchev–Trinajstić information content (AvgIpc) is 3.16. The number of hydrogen-bond acceptors (Lipinski definition) is 6. The Morgan fingerprint density at radius 1 is 1.24 bits per heavy atom. The van der Waals surface area contributed by atoms with Crippen molar-refractivity contribution < 1.29 is 9.84 Å². The van der Waals surface area contributed by atoms with Gasteiger partial charge in [-0.2, -0.15) is 10.2 Å². The first-order chi connectivity index (χ1) is 12.0. The topological polar surface area (TPSA) is 90.4 Å². The summed E-state index contributed by atoms with van der Waals surface area (Å²) in [5, 5.41) is 18.3. The number of nitrogens with zero attached hydrogens (tertiary/aromatic N) is 6. The predicted octanol–water partition coefficient (Wildman–Crippen LogP) is 1.74. The Labute approximate surface area is 146 Å². The summed E-state index contributed by atoms with van der Waals surface area (Å²) in [6, 6.07) is 2.01. The summed E-state index contributed by atoms with van der Waals surface area (Å²) in [6.45, 7) is 6.64. The second-order valence-corrected chi connectivity index (χ2v) is 6.29. The lowest BCUT2D eigenvalue weighted by Gasteiger charge is -2.13. The van der Waals surface area contributed by atoms with Crippen LogP contribution in [0.4, 0.5) is 0 Å². The molecule has 1 unspecified atom stereocenters. The Bertz CT molecular complexity index is 870. The Morgan fingerprint density at radius 3 is 2.76 bits per heavy atom. The van der Waals surface area contributed by atoms with Gasteiger partial charge in [-0.1, -0.05) is 0 Å². The van der Waals surface area contributed by atoms with Crippen LogP contribution in [0.5, 0.6) is 0 Å². The molecule has 25 heavy (non-hydrogen) atoms. The minimum absolute atomic E-state index is 0.0257. The first-order valence-electron chi connectivity index (χ1n) is 8.42. The van der Waals surface area contributed by atoms with E-state index in [1.807, 2.05) is 37.7 Å². The lowest BCUT2D eigenvalue weighted by Crippen LogP contribution is -2.15. The zero-order valence-corrected chi connectivity index (χ0v) is 15.1. The van der Waals surface area contributed by atoms with Crippen LogP contribution < -0.4 is 0 Å². The fraction of sp³-hybridized carbons (Fsp3) is 0.529. The normalized spacial score (nSPS) is 12.8. The molecule has 0 fully saturated rings. The number of aromatic nitrogens is 6. The number of imidazole rings is 1. The van der Waals surface area contributed by atoms with E-state index in [9.17, 15) is 0 Å². The maximum absolute atomic E-state index is 9.07. The number of rotatable bonds is 7. The minimum Gasteiger partial charge on any atom is -0.396 e. The van der Waals surface area contributed by atoms with Crippen molar-refractivity contribution in [2.75, 3.05) is 20.3 Å². The molecule has 8 heteroatoms. The Kier molecular flexibility index (Phi) is 5.10. The van der Waals surface area contributed by atoms with Gasteiger partial charge in [0.15, 0.2) is 17.3 Å². The SMILES string of the molecule is COCC(C)n1nc(CCCO)nc1-c1cc(C)c2nc(C)cn2n1. The maximum atomic E-state index is 9.07. The van der Waals surface area contributed by atoms with Crippen LogP contribution in [0.1, 0.15) is 36.5 Å². The molecule has 3 rings (SSSR count). The molecule has 3 aromatic heterocycles. The standard InChI is InChI=1S/C17H24N6O2/c1-11-8-14(20-22-9-12(2)18-16(11)22)17-19-15(6-5-7-24)21-23(17)13(3)10-25-4/h8-9,13,24H,5-7,10H2,1-4H3. The van der Waals surface area contributed by atoms with Crippen LogP contribution in [0.15, 0.2) is 12.3 Å². The van der Waals surface area contributed by atoms with Gasteiger partial charge >= 0.3 is 0 Å². The van der Waals surface area contributed by atoms with Crippen LogP contribution in [0, 0.1) is 13.8 Å². The zero-order valence-electron chi connectivity index (χ0n) is 15.1. The monoisotopic (exact) mass is 344 g/mol. The van der Waals surface area contributed by atoms with Crippen LogP contribution >= 0.6 is 0 Å². The number of methoxy groups -OCH3 is 1. The Morgan fingerprint density at radius 2 is 2.04 bits per heavy atom. The van der Waals surface area contributed by atoms with Gasteiger partial charge in [0.05, 0.1) is 24.5 Å². The highest BCUT2D eigenvalue weighted by molar-refractivity contribution is 5.57. The summed E-state index contributed by atoms with van der Waals surface area (Å²) >= 11 is 0. The summed E-state index contributed by atoms with van der Waals surface area (Å²) in [7, 11) is 1.67. The molecule has 3 heterocycles. The minimum atomic E-state index is 0.0257. The summed E-state index contributed by atoms with van der Waals surface area (Å²) in [5.74, 6) is 1.40. The summed E-state index contributed by atoms with van der Waals surface area (Å²) in [4.78, 5) is 9.15. The van der Waals surface area contributed by atoms with Crippen LogP contribution in [0.3, 0.4) is 0 Å². The molecule has 0 radical (unpaired) electrons. The third-order valence-corrected chi connectivity index (χ3v) is 4.02. The van der Waals surface area contributed by atoms with Crippen molar-refractivity contribution in [2.24, 2.45) is 0 Å². The third-order valence-electron chi connectivity index (χ3n) is 4.02. The van der Waals surface area contributed by atoms with Crippen molar-refractivity contribution in [3.05, 3.63) is 29.3 Å². The van der Waals surface area contributed by atoms with Crippen LogP contribution in [-0.4, -0.2) is 54.8 Å². The molecular formula is C17H24N6O2. The van der Waals surface area contributed by atoms with Gasteiger partial charge in [-0.25, -0.2) is 19.2 Å². The molecule has 0 saturated heterocycles. The van der Waals surface area contributed by atoms with Gasteiger partial charge in [0.2, 0.25) is 0 Å². The lowest BCUT2D eigenvalue weighted by molar-refractivity contribution is 0.157. The molecule has 0 aliphatic rings. The highest BCUT2D eigenvalue weighted by atomic mass is 16.5. The van der Waals surface area contributed by atoms with E-state index >= 15 is 0 Å². The summed E-state index contributed by atoms with van der Waals surface area (Å²) in [5.41, 5.74) is 3.54. The van der Waals surface area contributed by atoms with E-state index in [2.05, 4.69) is 20.2 Å². The van der Waals surface area contributed by atoms with Gasteiger partial charge in [0, 0.05) is 20.1 Å². The Hall–Kier alpha value is -2.32. The number of fused-ring (bicyclic) bond motifs is 1. The van der Waals surface area contributed by atoms with Crippen molar-refractivity contribution in [2.45, 2.75) is 39.7 Å². The van der Waals surface area contributed by atoms with Gasteiger partial charge in [-0.15, -0.1) is 0 Å². The first-order valence-corrected chi connectivity index (χ1v) is 8.42. The fourth-order valence-corrected chi connectivity index (χ4v) is 2.86. The lowest BCUT2D eigenvalue weighted by atomic mass is 10.2. The quantitative estimate of drug-likeness (QED) is 0.702. The van der Waals surface area contributed by atoms with Gasteiger partial charge in [-0.05, 0) is 38.8 Å². The zero-order chi connectivity index (χ0) is 18.0. The molecule has 0 aliphatic carbocycles. The van der Waals surface area contributed by atoms with Crippen molar-refractivity contribution in [3.8, 4) is 11.5 Å². The van der Waals surface area contributed by atoms with E-state index in [0.29, 0.717) is 31.1 Å². The molecule has 0 aromatic carbocycles. The fourth-order valence-electron chi connectivity index (χ4n) is 2.86. The molecule has 1 atom stereocenters. The van der Waals surface area contributed by atoms with Crippen molar-refractivity contribution in [1.82, 2.24) is 29.4 Å². The number of ether oxygens (including phenoxy) is 1. The third kappa shape index (κ3) is 3.54. The van der Waals surface area contributed by atoms with E-state index in [-0.39, 0.29) is 12.6 Å². The van der Waals surface area contributed by atoms with E-state index in [0.717, 1.165) is 22.6 Å². The van der Waals surface area contributed by atoms with Gasteiger partial charge < -0.3 is 9.84 Å². The van der Waals surface area contributed by atoms with Crippen molar-refractivity contribution in [1.29, 1.82) is 0 Å². The smallest absolute Gasteiger partial charge is 0.179 e. The number of aryl methyl sites for hydroxylation is 3. The van der Waals surface area contributed by atoms with E-state index in [1.165, 1.54) is 0 Å². The molecule has 0 saturated carbocycles. The highest BCUT2D eigenvalue weighted by Crippen LogP contribution is 2.22. The molecule has 8 nitrogen and oxygen atoms in total. The van der Waals surface area contributed by atoms with Crippen molar-refractivity contribution >= 4 is 5.65 Å². The second-order valence-electron chi connectivity index (χ2n) is 6.29. The van der Waals surface area contributed by atoms with Gasteiger partial charge in [0.1, 0.15) is 5.69 Å². The van der Waals surface area contributed by atoms with Crippen LogP contribution in [-0.2, 0) is 11.2 Å². The van der Waals surface area contributed by atoms with E-state index < -0.39 is 0 Å². The molecule has 1 N–H and O–H groups in total. The number of aliphatic hydroxyl groups excluding tert-OH is 1. The largest absolute Gasteiger partial charge is 0.396 e. The predicted molar refractivity (Wildman–Crippen MR) is 93.5 cm³/mol. The molecule has 0 spiro atoms. The molecule has 0 aliphatic heterocycles.